The molecule has 0 bridgehead atoms. The van der Waals surface area contributed by atoms with Gasteiger partial charge in [0.05, 0.1) is 6.54 Å². The van der Waals surface area contributed by atoms with Crippen LogP contribution in [0.3, 0.4) is 0 Å². The molecule has 1 aliphatic carbocycles. The third kappa shape index (κ3) is 3.17. The van der Waals surface area contributed by atoms with Gasteiger partial charge in [0.2, 0.25) is 11.9 Å². The minimum Gasteiger partial charge on any atom is -0.275 e. The summed E-state index contributed by atoms with van der Waals surface area (Å²) in [5.74, 6) is -2.15. The Hall–Kier alpha value is -2.08. The van der Waals surface area contributed by atoms with Crippen LogP contribution in [0.1, 0.15) is 23.2 Å². The fourth-order valence-corrected chi connectivity index (χ4v) is 2.76. The predicted octanol–water partition coefficient (Wildman–Crippen LogP) is 3.02. The standard InChI is InChI=1S/C16H14ClF2N3O/c17-7-15(23)22(9-11-12(18)4-2-5-13(11)19)16-20-8-10-3-1-6-14(10)21-16/h2,4-5,8H,1,3,6-7,9H2. The molecule has 0 atom stereocenters. The fourth-order valence-electron chi connectivity index (χ4n) is 2.62. The van der Waals surface area contributed by atoms with E-state index in [0.717, 1.165) is 47.6 Å². The zero-order valence-corrected chi connectivity index (χ0v) is 13.0. The van der Waals surface area contributed by atoms with Crippen LogP contribution in [0.15, 0.2) is 24.4 Å². The molecule has 1 heterocycles. The highest BCUT2D eigenvalue weighted by molar-refractivity contribution is 6.29. The van der Waals surface area contributed by atoms with Crippen LogP contribution in [-0.4, -0.2) is 21.8 Å². The van der Waals surface area contributed by atoms with Crippen molar-refractivity contribution < 1.29 is 13.6 Å². The van der Waals surface area contributed by atoms with Gasteiger partial charge in [-0.3, -0.25) is 9.69 Å². The van der Waals surface area contributed by atoms with Crippen molar-refractivity contribution in [2.75, 3.05) is 10.8 Å². The number of carbonyl (C=O) groups is 1. The van der Waals surface area contributed by atoms with Crippen LogP contribution in [0.25, 0.3) is 0 Å². The zero-order chi connectivity index (χ0) is 16.4. The van der Waals surface area contributed by atoms with E-state index in [-0.39, 0.29) is 23.9 Å². The van der Waals surface area contributed by atoms with E-state index >= 15 is 0 Å². The number of halogens is 3. The first-order valence-corrected chi connectivity index (χ1v) is 7.77. The number of aryl methyl sites for hydroxylation is 2. The van der Waals surface area contributed by atoms with E-state index in [1.807, 2.05) is 0 Å². The second-order valence-corrected chi connectivity index (χ2v) is 5.58. The molecule has 120 valence electrons. The van der Waals surface area contributed by atoms with Gasteiger partial charge in [0.1, 0.15) is 17.5 Å². The van der Waals surface area contributed by atoms with E-state index in [9.17, 15) is 13.6 Å². The van der Waals surface area contributed by atoms with Crippen LogP contribution >= 0.6 is 11.6 Å². The Kier molecular flexibility index (Phi) is 4.52. The van der Waals surface area contributed by atoms with E-state index < -0.39 is 17.5 Å². The molecule has 0 saturated heterocycles. The number of nitrogens with zero attached hydrogens (tertiary/aromatic N) is 3. The summed E-state index contributed by atoms with van der Waals surface area (Å²) in [6, 6.07) is 3.56. The maximum Gasteiger partial charge on any atom is 0.244 e. The number of fused-ring (bicyclic) bond motifs is 1. The van der Waals surface area contributed by atoms with Crippen molar-refractivity contribution in [2.45, 2.75) is 25.8 Å². The molecule has 23 heavy (non-hydrogen) atoms. The number of carbonyl (C=O) groups excluding carboxylic acids is 1. The number of alkyl halides is 1. The quantitative estimate of drug-likeness (QED) is 0.806. The molecule has 0 fully saturated rings. The minimum absolute atomic E-state index is 0.124. The van der Waals surface area contributed by atoms with Gasteiger partial charge in [0.25, 0.3) is 0 Å². The third-order valence-corrected chi connectivity index (χ3v) is 4.06. The molecule has 0 spiro atoms. The average molecular weight is 338 g/mol. The van der Waals surface area contributed by atoms with Gasteiger partial charge < -0.3 is 0 Å². The maximum atomic E-state index is 13.9. The lowest BCUT2D eigenvalue weighted by Gasteiger charge is -2.21. The lowest BCUT2D eigenvalue weighted by molar-refractivity contribution is -0.116. The van der Waals surface area contributed by atoms with Crippen molar-refractivity contribution in [3.63, 3.8) is 0 Å². The van der Waals surface area contributed by atoms with Crippen LogP contribution < -0.4 is 4.90 Å². The first-order valence-electron chi connectivity index (χ1n) is 7.24. The monoisotopic (exact) mass is 337 g/mol. The highest BCUT2D eigenvalue weighted by Gasteiger charge is 2.23. The Morgan fingerprint density at radius 3 is 2.70 bits per heavy atom. The first kappa shape index (κ1) is 15.8. The normalized spacial score (nSPS) is 13.0. The molecule has 7 heteroatoms. The number of hydrogen-bond acceptors (Lipinski definition) is 3. The molecule has 1 amide bonds. The summed E-state index contributed by atoms with van der Waals surface area (Å²) in [7, 11) is 0. The van der Waals surface area contributed by atoms with Crippen molar-refractivity contribution in [3.05, 3.63) is 52.9 Å². The predicted molar refractivity (Wildman–Crippen MR) is 82.3 cm³/mol. The van der Waals surface area contributed by atoms with Gasteiger partial charge >= 0.3 is 0 Å². The molecule has 1 aromatic heterocycles. The fraction of sp³-hybridized carbons (Fsp3) is 0.312. The Bertz CT molecular complexity index is 734. The summed E-state index contributed by atoms with van der Waals surface area (Å²) in [6.45, 7) is -0.303. The largest absolute Gasteiger partial charge is 0.275 e. The summed E-state index contributed by atoms with van der Waals surface area (Å²) in [5, 5.41) is 0. The van der Waals surface area contributed by atoms with Crippen molar-refractivity contribution in [2.24, 2.45) is 0 Å². The van der Waals surface area contributed by atoms with Crippen molar-refractivity contribution in [3.8, 4) is 0 Å². The van der Waals surface area contributed by atoms with E-state index in [4.69, 9.17) is 11.6 Å². The number of hydrogen-bond donors (Lipinski definition) is 0. The molecule has 4 nitrogen and oxygen atoms in total. The van der Waals surface area contributed by atoms with E-state index in [0.29, 0.717) is 0 Å². The van der Waals surface area contributed by atoms with Crippen LogP contribution in [0.4, 0.5) is 14.7 Å². The summed E-state index contributed by atoms with van der Waals surface area (Å²) < 4.78 is 27.7. The van der Waals surface area contributed by atoms with Crippen LogP contribution in [0.5, 0.6) is 0 Å². The van der Waals surface area contributed by atoms with E-state index in [2.05, 4.69) is 9.97 Å². The number of anilines is 1. The Labute approximate surface area is 137 Å². The van der Waals surface area contributed by atoms with Crippen LogP contribution in [0, 0.1) is 11.6 Å². The molecule has 1 aromatic carbocycles. The minimum atomic E-state index is -0.724. The lowest BCUT2D eigenvalue weighted by Crippen LogP contribution is -2.33. The summed E-state index contributed by atoms with van der Waals surface area (Å²) >= 11 is 5.63. The third-order valence-electron chi connectivity index (χ3n) is 3.84. The van der Waals surface area contributed by atoms with Gasteiger partial charge in [-0.05, 0) is 37.0 Å². The van der Waals surface area contributed by atoms with Crippen molar-refractivity contribution in [1.82, 2.24) is 9.97 Å². The van der Waals surface area contributed by atoms with Gasteiger partial charge in [-0.15, -0.1) is 11.6 Å². The molecule has 0 aliphatic heterocycles. The van der Waals surface area contributed by atoms with Gasteiger partial charge in [0, 0.05) is 17.5 Å². The Morgan fingerprint density at radius 2 is 2.00 bits per heavy atom. The van der Waals surface area contributed by atoms with Crippen LogP contribution in [0.2, 0.25) is 0 Å². The second-order valence-electron chi connectivity index (χ2n) is 5.31. The van der Waals surface area contributed by atoms with Gasteiger partial charge in [-0.25, -0.2) is 18.7 Å². The summed E-state index contributed by atoms with van der Waals surface area (Å²) in [5.41, 5.74) is 1.70. The number of benzene rings is 1. The van der Waals surface area contributed by atoms with E-state index in [1.165, 1.54) is 6.07 Å². The second kappa shape index (κ2) is 6.58. The smallest absolute Gasteiger partial charge is 0.244 e. The van der Waals surface area contributed by atoms with Gasteiger partial charge in [-0.2, -0.15) is 0 Å². The summed E-state index contributed by atoms with van der Waals surface area (Å²) in [4.78, 5) is 21.8. The molecule has 2 aromatic rings. The number of aromatic nitrogens is 2. The van der Waals surface area contributed by atoms with E-state index in [1.54, 1.807) is 6.20 Å². The molecular formula is C16H14ClF2N3O. The highest BCUT2D eigenvalue weighted by Crippen LogP contribution is 2.23. The van der Waals surface area contributed by atoms with Crippen molar-refractivity contribution in [1.29, 1.82) is 0 Å². The SMILES string of the molecule is O=C(CCl)N(Cc1c(F)cccc1F)c1ncc2c(n1)CCC2. The molecule has 0 radical (unpaired) electrons. The zero-order valence-electron chi connectivity index (χ0n) is 12.2. The molecular weight excluding hydrogens is 324 g/mol. The van der Waals surface area contributed by atoms with Gasteiger partial charge in [0.15, 0.2) is 0 Å². The molecule has 0 unspecified atom stereocenters. The molecule has 3 rings (SSSR count). The Morgan fingerprint density at radius 1 is 1.26 bits per heavy atom. The lowest BCUT2D eigenvalue weighted by atomic mass is 10.2. The number of rotatable bonds is 4. The molecule has 0 N–H and O–H groups in total. The van der Waals surface area contributed by atoms with Crippen molar-refractivity contribution >= 4 is 23.5 Å². The highest BCUT2D eigenvalue weighted by atomic mass is 35.5. The summed E-state index contributed by atoms with van der Waals surface area (Å²) in [6.07, 6.45) is 4.36. The molecule has 0 saturated carbocycles. The topological polar surface area (TPSA) is 46.1 Å². The first-order chi connectivity index (χ1) is 11.1. The maximum absolute atomic E-state index is 13.9. The van der Waals surface area contributed by atoms with Crippen LogP contribution in [-0.2, 0) is 24.2 Å². The van der Waals surface area contributed by atoms with Gasteiger partial charge in [-0.1, -0.05) is 6.07 Å². The number of amides is 1. The Balaban J connectivity index is 1.97. The average Bonchev–Trinajstić information content (AvgIpc) is 3.01. The molecule has 1 aliphatic rings.